The van der Waals surface area contributed by atoms with Gasteiger partial charge in [-0.3, -0.25) is 9.69 Å². The van der Waals surface area contributed by atoms with Crippen molar-refractivity contribution in [3.63, 3.8) is 0 Å². The van der Waals surface area contributed by atoms with Gasteiger partial charge in [-0.15, -0.1) is 0 Å². The zero-order valence-electron chi connectivity index (χ0n) is 17.7. The van der Waals surface area contributed by atoms with Crippen molar-refractivity contribution in [2.75, 3.05) is 26.3 Å². The fourth-order valence-corrected chi connectivity index (χ4v) is 3.32. The number of nitrogens with one attached hydrogen (secondary N) is 1. The van der Waals surface area contributed by atoms with E-state index in [0.29, 0.717) is 13.2 Å². The van der Waals surface area contributed by atoms with Crippen LogP contribution in [-0.2, 0) is 22.6 Å². The molecule has 0 saturated carbocycles. The number of ether oxygens (including phenoxy) is 3. The average molecular weight is 468 g/mol. The van der Waals surface area contributed by atoms with Crippen molar-refractivity contribution in [3.8, 4) is 11.5 Å². The molecule has 3 rings (SSSR count). The van der Waals surface area contributed by atoms with Crippen LogP contribution >= 0.6 is 0 Å². The van der Waals surface area contributed by atoms with Crippen LogP contribution in [0.15, 0.2) is 48.5 Å². The number of carbonyl (C=O) groups excluding carboxylic acids is 1. The lowest BCUT2D eigenvalue weighted by Gasteiger charge is -2.27. The zero-order valence-corrected chi connectivity index (χ0v) is 17.7. The Morgan fingerprint density at radius 2 is 1.73 bits per heavy atom. The van der Waals surface area contributed by atoms with Gasteiger partial charge < -0.3 is 19.5 Å². The molecule has 33 heavy (non-hydrogen) atoms. The molecule has 1 heterocycles. The summed E-state index contributed by atoms with van der Waals surface area (Å²) in [4.78, 5) is 14.6. The molecule has 0 aromatic heterocycles. The number of morpholine rings is 1. The predicted octanol–water partition coefficient (Wildman–Crippen LogP) is 4.05. The van der Waals surface area contributed by atoms with Crippen molar-refractivity contribution in [1.29, 1.82) is 0 Å². The van der Waals surface area contributed by atoms with E-state index in [4.69, 9.17) is 4.74 Å². The molecule has 0 bridgehead atoms. The molecule has 178 valence electrons. The quantitative estimate of drug-likeness (QED) is 0.421. The molecular formula is C23H24F4N2O4. The topological polar surface area (TPSA) is 60.0 Å². The molecule has 0 unspecified atom stereocenters. The van der Waals surface area contributed by atoms with Gasteiger partial charge in [0.15, 0.2) is 0 Å². The number of benzene rings is 2. The highest BCUT2D eigenvalue weighted by Crippen LogP contribution is 2.28. The van der Waals surface area contributed by atoms with Gasteiger partial charge in [-0.2, -0.15) is 17.6 Å². The van der Waals surface area contributed by atoms with Gasteiger partial charge in [-0.05, 0) is 29.3 Å². The van der Waals surface area contributed by atoms with Crippen LogP contribution in [0.25, 0.3) is 6.08 Å². The largest absolute Gasteiger partial charge is 0.435 e. The second-order valence-corrected chi connectivity index (χ2v) is 7.17. The number of carbonyl (C=O) groups is 1. The number of halogens is 4. The minimum Gasteiger partial charge on any atom is -0.435 e. The first kappa shape index (κ1) is 24.5. The molecule has 1 N–H and O–H groups in total. The number of amides is 1. The molecule has 1 fully saturated rings. The van der Waals surface area contributed by atoms with Crippen molar-refractivity contribution in [2.24, 2.45) is 0 Å². The maximum atomic E-state index is 12.7. The second-order valence-electron chi connectivity index (χ2n) is 7.17. The smallest absolute Gasteiger partial charge is 0.387 e. The minimum atomic E-state index is -3.17. The molecule has 6 nitrogen and oxygen atoms in total. The van der Waals surface area contributed by atoms with Crippen molar-refractivity contribution < 1.29 is 36.6 Å². The molecule has 10 heteroatoms. The normalized spacial score (nSPS) is 14.7. The van der Waals surface area contributed by atoms with E-state index >= 15 is 0 Å². The Morgan fingerprint density at radius 1 is 1.03 bits per heavy atom. The van der Waals surface area contributed by atoms with E-state index in [0.717, 1.165) is 42.9 Å². The van der Waals surface area contributed by atoms with Gasteiger partial charge in [0.05, 0.1) is 13.2 Å². The molecule has 1 aliphatic rings. The van der Waals surface area contributed by atoms with Crippen LogP contribution in [-0.4, -0.2) is 50.3 Å². The SMILES string of the molecule is O=C(/C=C/c1ccc(OC(F)F)cc1OC(F)F)NCc1ccccc1CN1CCOCC1. The third kappa shape index (κ3) is 8.07. The molecule has 2 aromatic rings. The van der Waals surface area contributed by atoms with Crippen LogP contribution < -0.4 is 14.8 Å². The Balaban J connectivity index is 1.62. The van der Waals surface area contributed by atoms with Crippen LogP contribution in [0.5, 0.6) is 11.5 Å². The van der Waals surface area contributed by atoms with Gasteiger partial charge >= 0.3 is 13.2 Å². The summed E-state index contributed by atoms with van der Waals surface area (Å²) in [6.07, 6.45) is 2.42. The fourth-order valence-electron chi connectivity index (χ4n) is 3.32. The van der Waals surface area contributed by atoms with E-state index in [1.807, 2.05) is 24.3 Å². The van der Waals surface area contributed by atoms with Crippen LogP contribution in [0.3, 0.4) is 0 Å². The summed E-state index contributed by atoms with van der Waals surface area (Å²) >= 11 is 0. The Morgan fingerprint density at radius 3 is 2.42 bits per heavy atom. The van der Waals surface area contributed by atoms with Crippen molar-refractivity contribution >= 4 is 12.0 Å². The van der Waals surface area contributed by atoms with E-state index in [1.54, 1.807) is 0 Å². The summed E-state index contributed by atoms with van der Waals surface area (Å²) in [5, 5.41) is 2.76. The van der Waals surface area contributed by atoms with Gasteiger partial charge in [0.1, 0.15) is 11.5 Å². The Labute approximate surface area is 188 Å². The first-order chi connectivity index (χ1) is 15.9. The van der Waals surface area contributed by atoms with Gasteiger partial charge in [0.25, 0.3) is 0 Å². The summed E-state index contributed by atoms with van der Waals surface area (Å²) in [6, 6.07) is 11.1. The molecule has 0 spiro atoms. The third-order valence-electron chi connectivity index (χ3n) is 4.91. The molecule has 1 aliphatic heterocycles. The molecular weight excluding hydrogens is 444 g/mol. The monoisotopic (exact) mass is 468 g/mol. The Kier molecular flexibility index (Phi) is 9.08. The highest BCUT2D eigenvalue weighted by Gasteiger charge is 2.14. The van der Waals surface area contributed by atoms with Gasteiger partial charge in [0, 0.05) is 43.9 Å². The Bertz CT molecular complexity index is 950. The molecule has 1 amide bonds. The lowest BCUT2D eigenvalue weighted by Crippen LogP contribution is -2.36. The maximum absolute atomic E-state index is 12.7. The summed E-state index contributed by atoms with van der Waals surface area (Å²) in [5.74, 6) is -1.17. The molecule has 0 aliphatic carbocycles. The number of rotatable bonds is 10. The second kappa shape index (κ2) is 12.2. The molecule has 1 saturated heterocycles. The van der Waals surface area contributed by atoms with E-state index in [9.17, 15) is 22.4 Å². The summed E-state index contributed by atoms with van der Waals surface area (Å²) in [6.45, 7) is -2.19. The number of nitrogens with zero attached hydrogens (tertiary/aromatic N) is 1. The minimum absolute atomic E-state index is 0.111. The first-order valence-electron chi connectivity index (χ1n) is 10.3. The van der Waals surface area contributed by atoms with E-state index in [2.05, 4.69) is 19.7 Å². The summed E-state index contributed by atoms with van der Waals surface area (Å²) in [5.41, 5.74) is 2.16. The van der Waals surface area contributed by atoms with Crippen LogP contribution in [0, 0.1) is 0 Å². The van der Waals surface area contributed by atoms with Gasteiger partial charge in [-0.25, -0.2) is 0 Å². The molecule has 0 radical (unpaired) electrons. The number of alkyl halides is 4. The van der Waals surface area contributed by atoms with E-state index in [-0.39, 0.29) is 23.6 Å². The Hall–Kier alpha value is -3.11. The van der Waals surface area contributed by atoms with Crippen LogP contribution in [0.4, 0.5) is 17.6 Å². The number of hydrogen-bond acceptors (Lipinski definition) is 5. The molecule has 0 atom stereocenters. The van der Waals surface area contributed by atoms with Crippen molar-refractivity contribution in [1.82, 2.24) is 10.2 Å². The maximum Gasteiger partial charge on any atom is 0.387 e. The molecule has 2 aromatic carbocycles. The summed E-state index contributed by atoms with van der Waals surface area (Å²) < 4.78 is 64.0. The third-order valence-corrected chi connectivity index (χ3v) is 4.91. The van der Waals surface area contributed by atoms with Crippen LogP contribution in [0.1, 0.15) is 16.7 Å². The van der Waals surface area contributed by atoms with Gasteiger partial charge in [0.2, 0.25) is 5.91 Å². The highest BCUT2D eigenvalue weighted by molar-refractivity contribution is 5.92. The van der Waals surface area contributed by atoms with E-state index < -0.39 is 19.1 Å². The lowest BCUT2D eigenvalue weighted by molar-refractivity contribution is -0.116. The van der Waals surface area contributed by atoms with Crippen molar-refractivity contribution in [3.05, 3.63) is 65.2 Å². The zero-order chi connectivity index (χ0) is 23.6. The van der Waals surface area contributed by atoms with Gasteiger partial charge in [-0.1, -0.05) is 24.3 Å². The number of hydrogen-bond donors (Lipinski definition) is 1. The lowest BCUT2D eigenvalue weighted by atomic mass is 10.1. The van der Waals surface area contributed by atoms with E-state index in [1.165, 1.54) is 18.2 Å². The fraction of sp³-hybridized carbons (Fsp3) is 0.348. The predicted molar refractivity (Wildman–Crippen MR) is 113 cm³/mol. The van der Waals surface area contributed by atoms with Crippen LogP contribution in [0.2, 0.25) is 0 Å². The standard InChI is InChI=1S/C23H24F4N2O4/c24-22(25)32-19-7-5-16(20(13-19)33-23(26)27)6-8-21(30)28-14-17-3-1-2-4-18(17)15-29-9-11-31-12-10-29/h1-8,13,22-23H,9-12,14-15H2,(H,28,30)/b8-6+. The van der Waals surface area contributed by atoms with Crippen molar-refractivity contribution in [2.45, 2.75) is 26.3 Å². The first-order valence-corrected chi connectivity index (χ1v) is 10.3. The average Bonchev–Trinajstić information content (AvgIpc) is 2.78. The summed E-state index contributed by atoms with van der Waals surface area (Å²) in [7, 11) is 0. The highest BCUT2D eigenvalue weighted by atomic mass is 19.3.